The third-order valence-electron chi connectivity index (χ3n) is 4.14. The lowest BCUT2D eigenvalue weighted by Crippen LogP contribution is -1.93. The maximum atomic E-state index is 14.2. The first-order valence-corrected chi connectivity index (χ1v) is 8.26. The van der Waals surface area contributed by atoms with Crippen LogP contribution in [0.15, 0.2) is 42.7 Å². The standard InChI is InChI=1S/C19H14ClFN4O/c1-10-6-17(26-2)22-8-11(10)16-9-23-19-15(24-16)7-14(25-19)18-12(20)4-3-5-13(18)21/h3-9H,1-2H3,(H,23,25). The second-order valence-corrected chi connectivity index (χ2v) is 6.22. The van der Waals surface area contributed by atoms with Gasteiger partial charge in [-0.2, -0.15) is 0 Å². The van der Waals surface area contributed by atoms with E-state index >= 15 is 0 Å². The Bertz CT molecular complexity index is 1110. The molecule has 4 aromatic rings. The Morgan fingerprint density at radius 2 is 2.00 bits per heavy atom. The minimum absolute atomic E-state index is 0.304. The fourth-order valence-electron chi connectivity index (χ4n) is 2.83. The molecule has 4 rings (SSSR count). The highest BCUT2D eigenvalue weighted by Crippen LogP contribution is 2.32. The Hall–Kier alpha value is -2.99. The van der Waals surface area contributed by atoms with Gasteiger partial charge in [-0.25, -0.2) is 19.3 Å². The Kier molecular flexibility index (Phi) is 4.05. The topological polar surface area (TPSA) is 63.7 Å². The summed E-state index contributed by atoms with van der Waals surface area (Å²) in [6.45, 7) is 1.95. The first-order chi connectivity index (χ1) is 12.6. The molecule has 0 saturated heterocycles. The summed E-state index contributed by atoms with van der Waals surface area (Å²) in [6, 6.07) is 8.15. The van der Waals surface area contributed by atoms with Gasteiger partial charge in [0.25, 0.3) is 0 Å². The maximum absolute atomic E-state index is 14.2. The molecule has 0 aliphatic heterocycles. The van der Waals surface area contributed by atoms with Crippen molar-refractivity contribution in [3.8, 4) is 28.4 Å². The zero-order chi connectivity index (χ0) is 18.3. The number of benzene rings is 1. The maximum Gasteiger partial charge on any atom is 0.213 e. The molecular weight excluding hydrogens is 355 g/mol. The number of H-pyrrole nitrogens is 1. The largest absolute Gasteiger partial charge is 0.481 e. The SMILES string of the molecule is COc1cc(C)c(-c2cnc3[nH]c(-c4c(F)cccc4Cl)cc3n2)cn1. The minimum Gasteiger partial charge on any atom is -0.481 e. The smallest absolute Gasteiger partial charge is 0.213 e. The number of aromatic nitrogens is 4. The second kappa shape index (κ2) is 6.38. The molecular formula is C19H14ClFN4O. The lowest BCUT2D eigenvalue weighted by Gasteiger charge is -2.06. The molecule has 3 heterocycles. The Morgan fingerprint density at radius 1 is 1.15 bits per heavy atom. The van der Waals surface area contributed by atoms with Crippen molar-refractivity contribution in [1.29, 1.82) is 0 Å². The highest BCUT2D eigenvalue weighted by atomic mass is 35.5. The summed E-state index contributed by atoms with van der Waals surface area (Å²) in [6.07, 6.45) is 3.35. The van der Waals surface area contributed by atoms with Gasteiger partial charge < -0.3 is 9.72 Å². The van der Waals surface area contributed by atoms with Gasteiger partial charge >= 0.3 is 0 Å². The molecule has 1 aromatic carbocycles. The van der Waals surface area contributed by atoms with Crippen molar-refractivity contribution in [3.05, 3.63) is 59.1 Å². The molecule has 0 amide bonds. The van der Waals surface area contributed by atoms with Gasteiger partial charge in [-0.1, -0.05) is 17.7 Å². The number of hydrogen-bond donors (Lipinski definition) is 1. The number of halogens is 2. The van der Waals surface area contributed by atoms with Crippen molar-refractivity contribution in [2.75, 3.05) is 7.11 Å². The van der Waals surface area contributed by atoms with Crippen molar-refractivity contribution in [1.82, 2.24) is 19.9 Å². The Labute approximate surface area is 153 Å². The van der Waals surface area contributed by atoms with Crippen molar-refractivity contribution < 1.29 is 9.13 Å². The molecule has 130 valence electrons. The summed E-state index contributed by atoms with van der Waals surface area (Å²) in [5.74, 6) is 0.137. The highest BCUT2D eigenvalue weighted by Gasteiger charge is 2.14. The van der Waals surface area contributed by atoms with Crippen LogP contribution in [-0.2, 0) is 0 Å². The molecule has 0 unspecified atom stereocenters. The van der Waals surface area contributed by atoms with Crippen LogP contribution in [0.4, 0.5) is 4.39 Å². The molecule has 0 radical (unpaired) electrons. The average molecular weight is 369 g/mol. The lowest BCUT2D eigenvalue weighted by atomic mass is 10.1. The van der Waals surface area contributed by atoms with Crippen LogP contribution in [-0.4, -0.2) is 27.0 Å². The fraction of sp³-hybridized carbons (Fsp3) is 0.105. The number of methoxy groups -OCH3 is 1. The van der Waals surface area contributed by atoms with Crippen LogP contribution in [0.25, 0.3) is 33.7 Å². The number of pyridine rings is 1. The molecule has 0 aliphatic rings. The molecule has 0 fully saturated rings. The van der Waals surface area contributed by atoms with E-state index in [0.29, 0.717) is 39.0 Å². The molecule has 0 bridgehead atoms. The molecule has 0 saturated carbocycles. The molecule has 0 atom stereocenters. The lowest BCUT2D eigenvalue weighted by molar-refractivity contribution is 0.397. The summed E-state index contributed by atoms with van der Waals surface area (Å²) in [4.78, 5) is 16.3. The number of fused-ring (bicyclic) bond motifs is 1. The van der Waals surface area contributed by atoms with E-state index in [9.17, 15) is 4.39 Å². The first-order valence-electron chi connectivity index (χ1n) is 7.88. The van der Waals surface area contributed by atoms with Crippen LogP contribution in [0.5, 0.6) is 5.88 Å². The van der Waals surface area contributed by atoms with Crippen molar-refractivity contribution in [2.45, 2.75) is 6.92 Å². The summed E-state index contributed by atoms with van der Waals surface area (Å²) >= 11 is 6.15. The first kappa shape index (κ1) is 16.5. The van der Waals surface area contributed by atoms with Gasteiger partial charge in [-0.15, -0.1) is 0 Å². The van der Waals surface area contributed by atoms with E-state index < -0.39 is 5.82 Å². The molecule has 0 spiro atoms. The summed E-state index contributed by atoms with van der Waals surface area (Å²) in [7, 11) is 1.57. The monoisotopic (exact) mass is 368 g/mol. The summed E-state index contributed by atoms with van der Waals surface area (Å²) < 4.78 is 19.3. The third kappa shape index (κ3) is 2.78. The zero-order valence-corrected chi connectivity index (χ0v) is 14.8. The van der Waals surface area contributed by atoms with Crippen LogP contribution < -0.4 is 4.74 Å². The zero-order valence-electron chi connectivity index (χ0n) is 14.0. The summed E-state index contributed by atoms with van der Waals surface area (Å²) in [5.41, 5.74) is 4.51. The predicted molar refractivity (Wildman–Crippen MR) is 98.8 cm³/mol. The van der Waals surface area contributed by atoms with Gasteiger partial charge in [-0.3, -0.25) is 0 Å². The van der Waals surface area contributed by atoms with Crippen molar-refractivity contribution >= 4 is 22.8 Å². The van der Waals surface area contributed by atoms with E-state index in [1.165, 1.54) is 6.07 Å². The molecule has 1 N–H and O–H groups in total. The van der Waals surface area contributed by atoms with E-state index in [2.05, 4.69) is 19.9 Å². The van der Waals surface area contributed by atoms with E-state index in [-0.39, 0.29) is 0 Å². The highest BCUT2D eigenvalue weighted by molar-refractivity contribution is 6.33. The minimum atomic E-state index is -0.403. The molecule has 0 aliphatic carbocycles. The van der Waals surface area contributed by atoms with Gasteiger partial charge in [0.1, 0.15) is 11.3 Å². The normalized spacial score (nSPS) is 11.1. The predicted octanol–water partition coefficient (Wildman–Crippen LogP) is 4.80. The number of rotatable bonds is 3. The van der Waals surface area contributed by atoms with E-state index in [4.69, 9.17) is 16.3 Å². The van der Waals surface area contributed by atoms with Gasteiger partial charge in [0.2, 0.25) is 5.88 Å². The fourth-order valence-corrected chi connectivity index (χ4v) is 3.10. The van der Waals surface area contributed by atoms with E-state index in [0.717, 1.165) is 11.1 Å². The number of aryl methyl sites for hydroxylation is 1. The average Bonchev–Trinajstić information content (AvgIpc) is 3.04. The van der Waals surface area contributed by atoms with Crippen LogP contribution >= 0.6 is 11.6 Å². The molecule has 5 nitrogen and oxygen atoms in total. The van der Waals surface area contributed by atoms with Gasteiger partial charge in [0, 0.05) is 17.8 Å². The van der Waals surface area contributed by atoms with Crippen LogP contribution in [0.1, 0.15) is 5.56 Å². The van der Waals surface area contributed by atoms with E-state index in [1.807, 2.05) is 13.0 Å². The van der Waals surface area contributed by atoms with E-state index in [1.54, 1.807) is 37.7 Å². The third-order valence-corrected chi connectivity index (χ3v) is 4.45. The molecule has 7 heteroatoms. The number of aromatic amines is 1. The number of ether oxygens (including phenoxy) is 1. The number of nitrogens with one attached hydrogen (secondary N) is 1. The van der Waals surface area contributed by atoms with Crippen LogP contribution in [0.3, 0.4) is 0 Å². The Morgan fingerprint density at radius 3 is 2.73 bits per heavy atom. The number of hydrogen-bond acceptors (Lipinski definition) is 4. The van der Waals surface area contributed by atoms with Crippen molar-refractivity contribution in [2.24, 2.45) is 0 Å². The second-order valence-electron chi connectivity index (χ2n) is 5.81. The molecule has 3 aromatic heterocycles. The summed E-state index contributed by atoms with van der Waals surface area (Å²) in [5, 5.41) is 0.326. The van der Waals surface area contributed by atoms with Crippen molar-refractivity contribution in [3.63, 3.8) is 0 Å². The quantitative estimate of drug-likeness (QED) is 0.564. The van der Waals surface area contributed by atoms with Gasteiger partial charge in [-0.05, 0) is 30.7 Å². The van der Waals surface area contributed by atoms with Crippen LogP contribution in [0, 0.1) is 12.7 Å². The van der Waals surface area contributed by atoms with Gasteiger partial charge in [0.15, 0.2) is 5.65 Å². The van der Waals surface area contributed by atoms with Crippen LogP contribution in [0.2, 0.25) is 5.02 Å². The number of nitrogens with zero attached hydrogens (tertiary/aromatic N) is 3. The van der Waals surface area contributed by atoms with Gasteiger partial charge in [0.05, 0.1) is 35.3 Å². The Balaban J connectivity index is 1.82. The molecule has 26 heavy (non-hydrogen) atoms.